The minimum absolute atomic E-state index is 0. The van der Waals surface area contributed by atoms with Gasteiger partial charge >= 0.3 is 12.1 Å². The first-order valence-corrected chi connectivity index (χ1v) is 9.61. The van der Waals surface area contributed by atoms with Gasteiger partial charge in [-0.25, -0.2) is 14.6 Å². The molecule has 0 aliphatic carbocycles. The number of hydrogen-bond acceptors (Lipinski definition) is 5. The Bertz CT molecular complexity index is 1140. The summed E-state index contributed by atoms with van der Waals surface area (Å²) in [5.74, 6) is 2.79. The Balaban J connectivity index is 0.00000363. The number of nitrogens with zero attached hydrogens (tertiary/aromatic N) is 1. The number of phenols is 1. The molecular formula is C23H23ClN4O4. The smallest absolute Gasteiger partial charge is 0.408 e. The topological polar surface area (TPSA) is 113 Å². The summed E-state index contributed by atoms with van der Waals surface area (Å²) in [5, 5.41) is 19.3. The molecule has 0 saturated heterocycles. The molecular weight excluding hydrogens is 432 g/mol. The predicted octanol–water partition coefficient (Wildman–Crippen LogP) is 4.03. The van der Waals surface area contributed by atoms with Gasteiger partial charge < -0.3 is 20.5 Å². The van der Waals surface area contributed by atoms with E-state index in [9.17, 15) is 14.7 Å². The van der Waals surface area contributed by atoms with Crippen LogP contribution in [0.3, 0.4) is 0 Å². The number of terminal acetylenes is 1. The Morgan fingerprint density at radius 3 is 2.56 bits per heavy atom. The van der Waals surface area contributed by atoms with E-state index in [2.05, 4.69) is 26.9 Å². The van der Waals surface area contributed by atoms with Gasteiger partial charge in [0.15, 0.2) is 6.61 Å². The number of amides is 3. The van der Waals surface area contributed by atoms with Crippen LogP contribution in [-0.2, 0) is 11.3 Å². The Morgan fingerprint density at radius 1 is 1.12 bits per heavy atom. The van der Waals surface area contributed by atoms with Crippen LogP contribution in [0.1, 0.15) is 12.5 Å². The number of carbonyl (C=O) groups is 2. The highest BCUT2D eigenvalue weighted by molar-refractivity contribution is 6.01. The zero-order valence-electron chi connectivity index (χ0n) is 17.3. The van der Waals surface area contributed by atoms with Gasteiger partial charge in [-0.3, -0.25) is 5.32 Å². The standard InChI is InChI=1S/C23H22N4O4.ClH/c1-3-11-31-23(30)26-13-16-7-10-18(15-5-8-17(28)9-6-15)19-12-21(25-14-20(16)19)27-22(29)24-4-2;/h1,5-10,12,14,28H,4,11,13H2,2H3,(H,26,30)(H2,24,25,27,29);1H. The molecule has 1 aromatic heterocycles. The summed E-state index contributed by atoms with van der Waals surface area (Å²) < 4.78 is 4.84. The number of benzene rings is 2. The molecule has 0 aliphatic heterocycles. The number of fused-ring (bicyclic) bond motifs is 1. The lowest BCUT2D eigenvalue weighted by Gasteiger charge is -2.14. The van der Waals surface area contributed by atoms with Crippen molar-refractivity contribution in [1.29, 1.82) is 0 Å². The van der Waals surface area contributed by atoms with E-state index in [0.717, 1.165) is 27.5 Å². The quantitative estimate of drug-likeness (QED) is 0.420. The number of urea groups is 1. The number of aromatic nitrogens is 1. The Labute approximate surface area is 191 Å². The van der Waals surface area contributed by atoms with Crippen molar-refractivity contribution >= 4 is 41.1 Å². The lowest BCUT2D eigenvalue weighted by molar-refractivity contribution is 0.159. The molecule has 0 aliphatic rings. The van der Waals surface area contributed by atoms with Crippen LogP contribution in [0, 0.1) is 12.3 Å². The largest absolute Gasteiger partial charge is 0.508 e. The van der Waals surface area contributed by atoms with Crippen molar-refractivity contribution in [2.24, 2.45) is 0 Å². The van der Waals surface area contributed by atoms with E-state index < -0.39 is 6.09 Å². The summed E-state index contributed by atoms with van der Waals surface area (Å²) in [6.45, 7) is 2.41. The highest BCUT2D eigenvalue weighted by Crippen LogP contribution is 2.32. The molecule has 0 spiro atoms. The van der Waals surface area contributed by atoms with E-state index in [-0.39, 0.29) is 37.3 Å². The molecule has 2 aromatic carbocycles. The van der Waals surface area contributed by atoms with Crippen molar-refractivity contribution in [1.82, 2.24) is 15.6 Å². The van der Waals surface area contributed by atoms with Crippen molar-refractivity contribution < 1.29 is 19.4 Å². The molecule has 3 rings (SSSR count). The number of halogens is 1. The third-order valence-electron chi connectivity index (χ3n) is 4.46. The van der Waals surface area contributed by atoms with Crippen LogP contribution < -0.4 is 16.0 Å². The van der Waals surface area contributed by atoms with Gasteiger partial charge in [0, 0.05) is 24.7 Å². The van der Waals surface area contributed by atoms with Crippen molar-refractivity contribution in [2.75, 3.05) is 18.5 Å². The number of aromatic hydroxyl groups is 1. The third-order valence-corrected chi connectivity index (χ3v) is 4.46. The number of rotatable bonds is 6. The van der Waals surface area contributed by atoms with Crippen molar-refractivity contribution in [2.45, 2.75) is 13.5 Å². The molecule has 8 nitrogen and oxygen atoms in total. The second kappa shape index (κ2) is 11.4. The van der Waals surface area contributed by atoms with Gasteiger partial charge in [0.2, 0.25) is 0 Å². The number of alkyl carbamates (subject to hydrolysis) is 1. The second-order valence-electron chi connectivity index (χ2n) is 6.55. The van der Waals surface area contributed by atoms with Gasteiger partial charge in [-0.2, -0.15) is 0 Å². The van der Waals surface area contributed by atoms with E-state index >= 15 is 0 Å². The Morgan fingerprint density at radius 2 is 1.88 bits per heavy atom. The molecule has 9 heteroatoms. The molecule has 0 fully saturated rings. The average molecular weight is 455 g/mol. The van der Waals surface area contributed by atoms with E-state index in [1.807, 2.05) is 19.1 Å². The highest BCUT2D eigenvalue weighted by Gasteiger charge is 2.12. The van der Waals surface area contributed by atoms with Crippen LogP contribution in [0.15, 0.2) is 48.7 Å². The zero-order valence-corrected chi connectivity index (χ0v) is 18.2. The normalized spacial score (nSPS) is 9.88. The van der Waals surface area contributed by atoms with E-state index in [4.69, 9.17) is 11.2 Å². The van der Waals surface area contributed by atoms with Crippen LogP contribution in [0.2, 0.25) is 0 Å². The summed E-state index contributed by atoms with van der Waals surface area (Å²) in [6, 6.07) is 12.0. The van der Waals surface area contributed by atoms with Gasteiger partial charge in [-0.15, -0.1) is 18.8 Å². The average Bonchev–Trinajstić information content (AvgIpc) is 2.76. The maximum Gasteiger partial charge on any atom is 0.408 e. The van der Waals surface area contributed by atoms with Crippen LogP contribution >= 0.6 is 12.4 Å². The van der Waals surface area contributed by atoms with Crippen molar-refractivity contribution in [3.8, 4) is 29.2 Å². The number of phenolic OH excluding ortho intramolecular Hbond substituents is 1. The highest BCUT2D eigenvalue weighted by atomic mass is 35.5. The van der Waals surface area contributed by atoms with Gasteiger partial charge in [-0.1, -0.05) is 30.2 Å². The van der Waals surface area contributed by atoms with Crippen molar-refractivity contribution in [3.63, 3.8) is 0 Å². The molecule has 1 heterocycles. The van der Waals surface area contributed by atoms with Crippen LogP contribution in [0.25, 0.3) is 21.9 Å². The molecule has 0 radical (unpaired) electrons. The van der Waals surface area contributed by atoms with Crippen LogP contribution in [0.5, 0.6) is 5.75 Å². The fourth-order valence-corrected chi connectivity index (χ4v) is 3.06. The first-order valence-electron chi connectivity index (χ1n) is 9.61. The second-order valence-corrected chi connectivity index (χ2v) is 6.55. The SMILES string of the molecule is C#CCOC(=O)NCc1ccc(-c2ccc(O)cc2)c2cc(NC(=O)NCC)ncc12.Cl. The molecule has 0 bridgehead atoms. The molecule has 32 heavy (non-hydrogen) atoms. The van der Waals surface area contributed by atoms with Crippen LogP contribution in [-0.4, -0.2) is 35.4 Å². The number of anilines is 1. The summed E-state index contributed by atoms with van der Waals surface area (Å²) in [4.78, 5) is 28.0. The Kier molecular flexibility index (Phi) is 8.69. The molecule has 0 atom stereocenters. The first-order chi connectivity index (χ1) is 15.0. The molecule has 3 aromatic rings. The minimum atomic E-state index is -0.615. The van der Waals surface area contributed by atoms with Gasteiger partial charge in [-0.05, 0) is 47.2 Å². The maximum atomic E-state index is 11.9. The maximum absolute atomic E-state index is 11.9. The van der Waals surface area contributed by atoms with Gasteiger partial charge in [0.1, 0.15) is 11.6 Å². The lowest BCUT2D eigenvalue weighted by atomic mass is 9.96. The molecule has 0 saturated carbocycles. The van der Waals surface area contributed by atoms with E-state index in [1.54, 1.807) is 36.5 Å². The lowest BCUT2D eigenvalue weighted by Crippen LogP contribution is -2.28. The van der Waals surface area contributed by atoms with E-state index in [0.29, 0.717) is 12.4 Å². The number of hydrogen-bond donors (Lipinski definition) is 4. The van der Waals surface area contributed by atoms with Gasteiger partial charge in [0.25, 0.3) is 0 Å². The summed E-state index contributed by atoms with van der Waals surface area (Å²) in [5.41, 5.74) is 2.58. The summed E-state index contributed by atoms with van der Waals surface area (Å²) in [7, 11) is 0. The molecule has 166 valence electrons. The van der Waals surface area contributed by atoms with Crippen LogP contribution in [0.4, 0.5) is 15.4 Å². The minimum Gasteiger partial charge on any atom is -0.508 e. The summed E-state index contributed by atoms with van der Waals surface area (Å²) in [6.07, 6.45) is 6.12. The Hall–Kier alpha value is -3.96. The molecule has 4 N–H and O–H groups in total. The number of nitrogens with one attached hydrogen (secondary N) is 3. The number of pyridine rings is 1. The number of carbonyl (C=O) groups excluding carboxylic acids is 2. The van der Waals surface area contributed by atoms with E-state index in [1.165, 1.54) is 0 Å². The predicted molar refractivity (Wildman–Crippen MR) is 126 cm³/mol. The summed E-state index contributed by atoms with van der Waals surface area (Å²) >= 11 is 0. The number of ether oxygens (including phenoxy) is 1. The molecule has 3 amide bonds. The fraction of sp³-hybridized carbons (Fsp3) is 0.174. The molecule has 0 unspecified atom stereocenters. The zero-order chi connectivity index (χ0) is 22.2. The van der Waals surface area contributed by atoms with Crippen molar-refractivity contribution in [3.05, 3.63) is 54.2 Å². The van der Waals surface area contributed by atoms with Gasteiger partial charge in [0.05, 0.1) is 0 Å². The fourth-order valence-electron chi connectivity index (χ4n) is 3.06. The third kappa shape index (κ3) is 6.03. The first kappa shape index (κ1) is 24.3. The monoisotopic (exact) mass is 454 g/mol.